The lowest BCUT2D eigenvalue weighted by atomic mass is 10.1. The summed E-state index contributed by atoms with van der Waals surface area (Å²) in [4.78, 5) is 23.3. The Labute approximate surface area is 163 Å². The molecule has 152 valence electrons. The van der Waals surface area contributed by atoms with Crippen molar-refractivity contribution in [3.8, 4) is 0 Å². The fraction of sp³-hybridized carbons (Fsp3) is 0.667. The zero-order valence-electron chi connectivity index (χ0n) is 16.7. The molecule has 0 atom stereocenters. The molecule has 0 aliphatic rings. The molecular weight excluding hydrogens is 342 g/mol. The van der Waals surface area contributed by atoms with E-state index in [4.69, 9.17) is 4.42 Å². The van der Waals surface area contributed by atoms with Gasteiger partial charge in [-0.15, -0.1) is 0 Å². The molecule has 0 fully saturated rings. The van der Waals surface area contributed by atoms with Crippen molar-refractivity contribution in [1.82, 2.24) is 10.7 Å². The Morgan fingerprint density at radius 2 is 1.59 bits per heavy atom. The smallest absolute Gasteiger partial charge is 0.259 e. The van der Waals surface area contributed by atoms with E-state index in [9.17, 15) is 9.59 Å². The molecule has 0 bridgehead atoms. The van der Waals surface area contributed by atoms with Gasteiger partial charge in [0.05, 0.1) is 19.0 Å². The summed E-state index contributed by atoms with van der Waals surface area (Å²) in [5, 5.41) is 6.37. The molecule has 1 heterocycles. The van der Waals surface area contributed by atoms with Crippen LogP contribution in [0.5, 0.6) is 0 Å². The molecule has 2 N–H and O–H groups in total. The molecule has 0 aliphatic carbocycles. The average Bonchev–Trinajstić information content (AvgIpc) is 3.18. The van der Waals surface area contributed by atoms with Gasteiger partial charge in [0.25, 0.3) is 5.91 Å². The number of hydrazone groups is 1. The summed E-state index contributed by atoms with van der Waals surface area (Å²) in [7, 11) is 0. The second kappa shape index (κ2) is 16.1. The van der Waals surface area contributed by atoms with Crippen LogP contribution in [-0.4, -0.2) is 24.6 Å². The number of nitrogens with one attached hydrogen (secondary N) is 2. The maximum atomic E-state index is 11.7. The van der Waals surface area contributed by atoms with Crippen molar-refractivity contribution in [2.24, 2.45) is 5.10 Å². The lowest BCUT2D eigenvalue weighted by molar-refractivity contribution is -0.126. The summed E-state index contributed by atoms with van der Waals surface area (Å²) in [5.41, 5.74) is 2.34. The predicted molar refractivity (Wildman–Crippen MR) is 109 cm³/mol. The van der Waals surface area contributed by atoms with Crippen molar-refractivity contribution in [1.29, 1.82) is 0 Å². The quantitative estimate of drug-likeness (QED) is 0.252. The minimum atomic E-state index is -0.356. The molecule has 1 rings (SSSR count). The van der Waals surface area contributed by atoms with Crippen LogP contribution in [-0.2, 0) is 9.59 Å². The standard InChI is InChI=1S/C21H35N3O3/c1-2-3-4-5-6-7-8-9-10-11-12-15-20(25)22-18-21(26)24-23-17-19-14-13-16-27-19/h13-14,16-17H,2-12,15,18H2,1H3,(H,22,25)(H,24,26). The third-order valence-corrected chi connectivity index (χ3v) is 4.38. The van der Waals surface area contributed by atoms with E-state index < -0.39 is 0 Å². The van der Waals surface area contributed by atoms with Gasteiger partial charge in [0, 0.05) is 6.42 Å². The fourth-order valence-corrected chi connectivity index (χ4v) is 2.79. The highest BCUT2D eigenvalue weighted by atomic mass is 16.3. The number of amides is 2. The molecule has 2 amide bonds. The van der Waals surface area contributed by atoms with Crippen LogP contribution in [0.1, 0.15) is 89.7 Å². The van der Waals surface area contributed by atoms with Crippen LogP contribution in [0.4, 0.5) is 0 Å². The molecule has 1 aromatic rings. The third kappa shape index (κ3) is 13.7. The fourth-order valence-electron chi connectivity index (χ4n) is 2.79. The van der Waals surface area contributed by atoms with Gasteiger partial charge in [-0.1, -0.05) is 71.1 Å². The highest BCUT2D eigenvalue weighted by Crippen LogP contribution is 2.11. The first kappa shape index (κ1) is 22.9. The molecule has 6 nitrogen and oxygen atoms in total. The monoisotopic (exact) mass is 377 g/mol. The average molecular weight is 378 g/mol. The number of nitrogens with zero attached hydrogens (tertiary/aromatic N) is 1. The molecule has 0 unspecified atom stereocenters. The van der Waals surface area contributed by atoms with Gasteiger partial charge in [-0.2, -0.15) is 5.10 Å². The highest BCUT2D eigenvalue weighted by molar-refractivity contribution is 5.85. The molecule has 0 spiro atoms. The van der Waals surface area contributed by atoms with Crippen LogP contribution >= 0.6 is 0 Å². The van der Waals surface area contributed by atoms with Gasteiger partial charge < -0.3 is 9.73 Å². The normalized spacial score (nSPS) is 11.0. The van der Waals surface area contributed by atoms with Crippen LogP contribution in [0.25, 0.3) is 0 Å². The Hall–Kier alpha value is -2.11. The number of rotatable bonds is 16. The molecule has 1 aromatic heterocycles. The lowest BCUT2D eigenvalue weighted by Gasteiger charge is -2.05. The first-order valence-electron chi connectivity index (χ1n) is 10.3. The Morgan fingerprint density at radius 1 is 0.963 bits per heavy atom. The summed E-state index contributed by atoms with van der Waals surface area (Å²) in [6.07, 6.45) is 17.2. The van der Waals surface area contributed by atoms with Crippen molar-refractivity contribution >= 4 is 18.0 Å². The second-order valence-electron chi connectivity index (χ2n) is 6.87. The minimum Gasteiger partial charge on any atom is -0.463 e. The van der Waals surface area contributed by atoms with Gasteiger partial charge in [-0.05, 0) is 18.6 Å². The highest BCUT2D eigenvalue weighted by Gasteiger charge is 2.04. The summed E-state index contributed by atoms with van der Waals surface area (Å²) in [5.74, 6) is 0.108. The summed E-state index contributed by atoms with van der Waals surface area (Å²) < 4.78 is 5.05. The first-order valence-corrected chi connectivity index (χ1v) is 10.3. The molecule has 0 aromatic carbocycles. The van der Waals surface area contributed by atoms with Crippen molar-refractivity contribution in [2.75, 3.05) is 6.54 Å². The van der Waals surface area contributed by atoms with Crippen molar-refractivity contribution in [2.45, 2.75) is 84.0 Å². The number of furan rings is 1. The SMILES string of the molecule is CCCCCCCCCCCCCC(=O)NCC(=O)NN=Cc1ccco1. The van der Waals surface area contributed by atoms with Gasteiger partial charge in [-0.25, -0.2) is 5.43 Å². The molecule has 0 radical (unpaired) electrons. The molecule has 0 saturated carbocycles. The summed E-state index contributed by atoms with van der Waals surface area (Å²) in [6.45, 7) is 2.18. The van der Waals surface area contributed by atoms with Gasteiger partial charge in [0.2, 0.25) is 5.91 Å². The van der Waals surface area contributed by atoms with Crippen molar-refractivity contribution in [3.63, 3.8) is 0 Å². The van der Waals surface area contributed by atoms with Crippen molar-refractivity contribution < 1.29 is 14.0 Å². The Balaban J connectivity index is 1.88. The van der Waals surface area contributed by atoms with Crippen LogP contribution in [0.15, 0.2) is 27.9 Å². The van der Waals surface area contributed by atoms with E-state index >= 15 is 0 Å². The molecule has 0 aliphatic heterocycles. The zero-order chi connectivity index (χ0) is 19.6. The van der Waals surface area contributed by atoms with Crippen LogP contribution < -0.4 is 10.7 Å². The van der Waals surface area contributed by atoms with Crippen LogP contribution in [0.2, 0.25) is 0 Å². The van der Waals surface area contributed by atoms with Gasteiger partial charge in [0.15, 0.2) is 0 Å². The van der Waals surface area contributed by atoms with E-state index in [0.717, 1.165) is 12.8 Å². The number of hydrogen-bond donors (Lipinski definition) is 2. The number of carbonyl (C=O) groups is 2. The maximum absolute atomic E-state index is 11.7. The topological polar surface area (TPSA) is 83.7 Å². The summed E-state index contributed by atoms with van der Waals surface area (Å²) >= 11 is 0. The van der Waals surface area contributed by atoms with E-state index in [2.05, 4.69) is 22.8 Å². The zero-order valence-corrected chi connectivity index (χ0v) is 16.7. The lowest BCUT2D eigenvalue weighted by Crippen LogP contribution is -2.34. The number of hydrogen-bond acceptors (Lipinski definition) is 4. The molecule has 0 saturated heterocycles. The van der Waals surface area contributed by atoms with Gasteiger partial charge in [-0.3, -0.25) is 9.59 Å². The largest absolute Gasteiger partial charge is 0.463 e. The molecular formula is C21H35N3O3. The van der Waals surface area contributed by atoms with E-state index in [0.29, 0.717) is 12.2 Å². The van der Waals surface area contributed by atoms with Crippen LogP contribution in [0, 0.1) is 0 Å². The second-order valence-corrected chi connectivity index (χ2v) is 6.87. The van der Waals surface area contributed by atoms with Crippen molar-refractivity contribution in [3.05, 3.63) is 24.2 Å². The first-order chi connectivity index (χ1) is 13.2. The van der Waals surface area contributed by atoms with Crippen LogP contribution in [0.3, 0.4) is 0 Å². The predicted octanol–water partition coefficient (Wildman–Crippen LogP) is 4.55. The molecule has 27 heavy (non-hydrogen) atoms. The van der Waals surface area contributed by atoms with Gasteiger partial charge in [0.1, 0.15) is 5.76 Å². The Kier molecular flexibility index (Phi) is 13.7. The van der Waals surface area contributed by atoms with E-state index in [1.54, 1.807) is 12.1 Å². The van der Waals surface area contributed by atoms with Gasteiger partial charge >= 0.3 is 0 Å². The number of unbranched alkanes of at least 4 members (excludes halogenated alkanes) is 10. The third-order valence-electron chi connectivity index (χ3n) is 4.38. The number of carbonyl (C=O) groups excluding carboxylic acids is 2. The Morgan fingerprint density at radius 3 is 2.19 bits per heavy atom. The van der Waals surface area contributed by atoms with E-state index in [-0.39, 0.29) is 18.4 Å². The summed E-state index contributed by atoms with van der Waals surface area (Å²) in [6, 6.07) is 3.46. The molecule has 6 heteroatoms. The Bertz CT molecular complexity index is 527. The maximum Gasteiger partial charge on any atom is 0.259 e. The van der Waals surface area contributed by atoms with E-state index in [1.807, 2.05) is 0 Å². The van der Waals surface area contributed by atoms with E-state index in [1.165, 1.54) is 70.3 Å². The minimum absolute atomic E-state index is 0.0631.